The highest BCUT2D eigenvalue weighted by atomic mass is 16.4. The van der Waals surface area contributed by atoms with Gasteiger partial charge in [0, 0.05) is 19.6 Å². The van der Waals surface area contributed by atoms with Crippen LogP contribution >= 0.6 is 0 Å². The van der Waals surface area contributed by atoms with Crippen molar-refractivity contribution in [2.75, 3.05) is 19.6 Å². The summed E-state index contributed by atoms with van der Waals surface area (Å²) in [6.07, 6.45) is -0.121. The van der Waals surface area contributed by atoms with Crippen molar-refractivity contribution in [1.29, 1.82) is 0 Å². The van der Waals surface area contributed by atoms with Crippen molar-refractivity contribution < 1.29 is 14.7 Å². The Morgan fingerprint density at radius 2 is 1.23 bits per heavy atom. The summed E-state index contributed by atoms with van der Waals surface area (Å²) in [4.78, 5) is 27.3. The summed E-state index contributed by atoms with van der Waals surface area (Å²) in [5.41, 5.74) is 2.40. The van der Waals surface area contributed by atoms with Gasteiger partial charge in [0.05, 0.1) is 11.6 Å². The Labute approximate surface area is 176 Å². The predicted octanol–water partition coefficient (Wildman–Crippen LogP) is 3.84. The van der Waals surface area contributed by atoms with E-state index in [1.165, 1.54) is 4.90 Å². The molecule has 0 aromatic heterocycles. The number of hydrogen-bond acceptors (Lipinski definition) is 3. The highest BCUT2D eigenvalue weighted by Crippen LogP contribution is 2.44. The molecule has 1 fully saturated rings. The zero-order chi connectivity index (χ0) is 21.0. The highest BCUT2D eigenvalue weighted by Gasteiger charge is 2.47. The van der Waals surface area contributed by atoms with E-state index in [1.54, 1.807) is 0 Å². The van der Waals surface area contributed by atoms with Gasteiger partial charge in [-0.1, -0.05) is 91.0 Å². The smallest absolute Gasteiger partial charge is 0.407 e. The minimum atomic E-state index is -0.994. The molecule has 0 saturated carbocycles. The first-order chi connectivity index (χ1) is 14.7. The van der Waals surface area contributed by atoms with Crippen LogP contribution in [0.3, 0.4) is 0 Å². The Balaban J connectivity index is 1.98. The van der Waals surface area contributed by atoms with Gasteiger partial charge < -0.3 is 14.8 Å². The first-order valence-corrected chi connectivity index (χ1v) is 10.0. The third-order valence-electron chi connectivity index (χ3n) is 5.85. The van der Waals surface area contributed by atoms with E-state index in [0.717, 1.165) is 23.0 Å². The van der Waals surface area contributed by atoms with Gasteiger partial charge in [-0.25, -0.2) is 4.79 Å². The second-order valence-corrected chi connectivity index (χ2v) is 7.43. The molecule has 0 radical (unpaired) electrons. The molecular formula is C25H24N2O3. The number of amides is 1. The summed E-state index contributed by atoms with van der Waals surface area (Å²) in [5.74, 6) is 0. The number of carbonyl (C=O) groups is 2. The third-order valence-corrected chi connectivity index (χ3v) is 5.85. The Morgan fingerprint density at radius 1 is 0.800 bits per heavy atom. The van der Waals surface area contributed by atoms with Crippen LogP contribution in [0.4, 0.5) is 4.79 Å². The van der Waals surface area contributed by atoms with Crippen molar-refractivity contribution in [3.05, 3.63) is 108 Å². The minimum absolute atomic E-state index is 0.146. The van der Waals surface area contributed by atoms with Crippen LogP contribution in [0.1, 0.15) is 16.7 Å². The van der Waals surface area contributed by atoms with E-state index in [4.69, 9.17) is 0 Å². The molecule has 3 aromatic carbocycles. The van der Waals surface area contributed by atoms with Gasteiger partial charge in [0.25, 0.3) is 0 Å². The number of benzene rings is 3. The second-order valence-electron chi connectivity index (χ2n) is 7.43. The second kappa shape index (κ2) is 8.51. The lowest BCUT2D eigenvalue weighted by molar-refractivity contribution is -0.116. The lowest BCUT2D eigenvalue weighted by Gasteiger charge is -2.51. The number of hydrogen-bond donors (Lipinski definition) is 1. The van der Waals surface area contributed by atoms with Crippen LogP contribution < -0.4 is 0 Å². The van der Waals surface area contributed by atoms with Crippen LogP contribution in [-0.2, 0) is 10.3 Å². The number of piperazine rings is 1. The molecule has 30 heavy (non-hydrogen) atoms. The van der Waals surface area contributed by atoms with Gasteiger partial charge in [-0.15, -0.1) is 0 Å². The lowest BCUT2D eigenvalue weighted by atomic mass is 9.74. The minimum Gasteiger partial charge on any atom is -0.465 e. The zero-order valence-corrected chi connectivity index (χ0v) is 16.6. The van der Waals surface area contributed by atoms with Gasteiger partial charge in [0.15, 0.2) is 0 Å². The monoisotopic (exact) mass is 400 g/mol. The maximum absolute atomic E-state index is 12.2. The number of carbonyl (C=O) groups excluding carboxylic acids is 1. The van der Waals surface area contributed by atoms with Gasteiger partial charge in [0.2, 0.25) is 0 Å². The summed E-state index contributed by atoms with van der Waals surface area (Å²) in [6.45, 7) is 0.926. The Morgan fingerprint density at radius 3 is 1.60 bits per heavy atom. The van der Waals surface area contributed by atoms with E-state index < -0.39 is 17.7 Å². The fraction of sp³-hybridized carbons (Fsp3) is 0.200. The van der Waals surface area contributed by atoms with Crippen molar-refractivity contribution in [1.82, 2.24) is 9.80 Å². The number of aldehydes is 1. The number of carboxylic acid groups (broad SMARTS) is 1. The van der Waals surface area contributed by atoms with Crippen LogP contribution in [0.25, 0.3) is 0 Å². The number of rotatable bonds is 5. The first kappa shape index (κ1) is 19.9. The van der Waals surface area contributed by atoms with Crippen LogP contribution in [0.15, 0.2) is 91.0 Å². The zero-order valence-electron chi connectivity index (χ0n) is 16.6. The molecule has 0 unspecified atom stereocenters. The summed E-state index contributed by atoms with van der Waals surface area (Å²) >= 11 is 0. The van der Waals surface area contributed by atoms with Gasteiger partial charge in [-0.3, -0.25) is 4.90 Å². The molecule has 1 N–H and O–H groups in total. The van der Waals surface area contributed by atoms with Crippen LogP contribution in [-0.4, -0.2) is 53.0 Å². The fourth-order valence-corrected chi connectivity index (χ4v) is 4.55. The average Bonchev–Trinajstić information content (AvgIpc) is 2.82. The number of nitrogens with zero attached hydrogens (tertiary/aromatic N) is 2. The third kappa shape index (κ3) is 3.37. The fourth-order valence-electron chi connectivity index (χ4n) is 4.55. The van der Waals surface area contributed by atoms with E-state index in [-0.39, 0.29) is 6.54 Å². The molecule has 3 aromatic rings. The van der Waals surface area contributed by atoms with Crippen molar-refractivity contribution in [3.63, 3.8) is 0 Å². The van der Waals surface area contributed by atoms with E-state index in [1.807, 2.05) is 54.6 Å². The van der Waals surface area contributed by atoms with Crippen LogP contribution in [0.5, 0.6) is 0 Å². The maximum atomic E-state index is 12.2. The molecule has 0 spiro atoms. The molecule has 4 rings (SSSR count). The summed E-state index contributed by atoms with van der Waals surface area (Å²) in [6, 6.07) is 29.8. The highest BCUT2D eigenvalue weighted by molar-refractivity contribution is 5.68. The Kier molecular flexibility index (Phi) is 5.63. The van der Waals surface area contributed by atoms with Crippen LogP contribution in [0.2, 0.25) is 0 Å². The van der Waals surface area contributed by atoms with E-state index in [2.05, 4.69) is 41.3 Å². The molecule has 1 saturated heterocycles. The van der Waals surface area contributed by atoms with Gasteiger partial charge in [-0.2, -0.15) is 0 Å². The van der Waals surface area contributed by atoms with Crippen molar-refractivity contribution in [2.24, 2.45) is 0 Å². The quantitative estimate of drug-likeness (QED) is 0.522. The normalized spacial score (nSPS) is 17.5. The van der Waals surface area contributed by atoms with Gasteiger partial charge >= 0.3 is 6.09 Å². The Bertz CT molecular complexity index is 896. The van der Waals surface area contributed by atoms with E-state index in [9.17, 15) is 14.7 Å². The van der Waals surface area contributed by atoms with Crippen molar-refractivity contribution in [2.45, 2.75) is 11.6 Å². The van der Waals surface area contributed by atoms with Gasteiger partial charge in [0.1, 0.15) is 6.29 Å². The molecular weight excluding hydrogens is 376 g/mol. The Hall–Kier alpha value is -3.44. The molecule has 1 heterocycles. The maximum Gasteiger partial charge on any atom is 0.407 e. The molecule has 0 aliphatic carbocycles. The van der Waals surface area contributed by atoms with Crippen LogP contribution in [0, 0.1) is 0 Å². The average molecular weight is 400 g/mol. The van der Waals surface area contributed by atoms with E-state index >= 15 is 0 Å². The molecule has 1 atom stereocenters. The van der Waals surface area contributed by atoms with Crippen molar-refractivity contribution in [3.8, 4) is 0 Å². The standard InChI is InChI=1S/C25H24N2O3/c28-19-23-18-26(24(29)30)16-17-27(23)25(20-10-4-1-5-11-20,21-12-6-2-7-13-21)22-14-8-3-9-15-22/h1-15,19,23H,16-18H2,(H,29,30)/t23-/m0/s1. The van der Waals surface area contributed by atoms with Crippen molar-refractivity contribution >= 4 is 12.4 Å². The van der Waals surface area contributed by atoms with E-state index in [0.29, 0.717) is 13.1 Å². The molecule has 5 heteroatoms. The lowest BCUT2D eigenvalue weighted by Crippen LogP contribution is -2.62. The first-order valence-electron chi connectivity index (χ1n) is 10.0. The molecule has 1 amide bonds. The molecule has 152 valence electrons. The summed E-state index contributed by atoms with van der Waals surface area (Å²) in [7, 11) is 0. The van der Waals surface area contributed by atoms with Gasteiger partial charge in [-0.05, 0) is 16.7 Å². The SMILES string of the molecule is O=C[C@@H]1CN(C(=O)O)CCN1C(c1ccccc1)(c1ccccc1)c1ccccc1. The topological polar surface area (TPSA) is 60.9 Å². The largest absolute Gasteiger partial charge is 0.465 e. The molecule has 0 bridgehead atoms. The summed E-state index contributed by atoms with van der Waals surface area (Å²) < 4.78 is 0. The summed E-state index contributed by atoms with van der Waals surface area (Å²) in [5, 5.41) is 9.48. The molecule has 1 aliphatic rings. The molecule has 5 nitrogen and oxygen atoms in total. The predicted molar refractivity (Wildman–Crippen MR) is 115 cm³/mol. The molecule has 1 aliphatic heterocycles.